The highest BCUT2D eigenvalue weighted by molar-refractivity contribution is 5.78. The van der Waals surface area contributed by atoms with E-state index in [1.165, 1.54) is 49.7 Å². The van der Waals surface area contributed by atoms with E-state index in [0.717, 1.165) is 38.5 Å². The first-order valence-electron chi connectivity index (χ1n) is 20.1. The van der Waals surface area contributed by atoms with E-state index < -0.39 is 0 Å². The van der Waals surface area contributed by atoms with Gasteiger partial charge in [0.25, 0.3) is 0 Å². The zero-order valence-electron chi connectivity index (χ0n) is 32.6. The first-order valence-corrected chi connectivity index (χ1v) is 20.1. The number of carbonyl (C=O) groups excluding carboxylic acids is 2. The smallest absolute Gasteiger partial charge is 0.312 e. The Morgan fingerprint density at radius 1 is 0.540 bits per heavy atom. The Morgan fingerprint density at radius 2 is 0.840 bits per heavy atom. The van der Waals surface area contributed by atoms with Gasteiger partial charge in [0.1, 0.15) is 0 Å². The van der Waals surface area contributed by atoms with Gasteiger partial charge in [0, 0.05) is 0 Å². The average molecular weight is 683 g/mol. The van der Waals surface area contributed by atoms with E-state index >= 15 is 0 Å². The third-order valence-corrected chi connectivity index (χ3v) is 13.0. The summed E-state index contributed by atoms with van der Waals surface area (Å²) < 4.78 is 11.7. The van der Waals surface area contributed by atoms with Crippen LogP contribution in [0.1, 0.15) is 144 Å². The molecule has 50 heavy (non-hydrogen) atoms. The van der Waals surface area contributed by atoms with E-state index in [-0.39, 0.29) is 44.4 Å². The highest BCUT2D eigenvalue weighted by Crippen LogP contribution is 2.67. The Hall–Kier alpha value is -2.62. The summed E-state index contributed by atoms with van der Waals surface area (Å²) in [4.78, 5) is 26.2. The minimum absolute atomic E-state index is 0.0368. The van der Waals surface area contributed by atoms with Crippen LogP contribution in [0.3, 0.4) is 0 Å². The Balaban J connectivity index is 0.000000165. The predicted molar refractivity (Wildman–Crippen MR) is 203 cm³/mol. The second-order valence-corrected chi connectivity index (χ2v) is 20.0. The van der Waals surface area contributed by atoms with Crippen molar-refractivity contribution in [1.29, 1.82) is 0 Å². The lowest BCUT2D eigenvalue weighted by atomic mass is 9.43. The lowest BCUT2D eigenvalue weighted by molar-refractivity contribution is -0.177. The van der Waals surface area contributed by atoms with Crippen LogP contribution in [-0.2, 0) is 29.9 Å². The number of hydrogen-bond acceptors (Lipinski definition) is 4. The molecule has 0 aliphatic heterocycles. The fourth-order valence-electron chi connectivity index (χ4n) is 12.1. The van der Waals surface area contributed by atoms with Gasteiger partial charge in [-0.2, -0.15) is 0 Å². The van der Waals surface area contributed by atoms with Gasteiger partial charge >= 0.3 is 11.9 Å². The zero-order valence-corrected chi connectivity index (χ0v) is 32.6. The molecule has 0 spiro atoms. The number of rotatable bonds is 6. The molecule has 8 saturated carbocycles. The molecule has 0 heterocycles. The molecular weight excluding hydrogens is 617 g/mol. The summed E-state index contributed by atoms with van der Waals surface area (Å²) in [7, 11) is 0. The van der Waals surface area contributed by atoms with E-state index in [2.05, 4.69) is 102 Å². The molecule has 10 rings (SSSR count). The number of carbonyl (C=O) groups is 2. The van der Waals surface area contributed by atoms with Gasteiger partial charge in [-0.1, -0.05) is 116 Å². The van der Waals surface area contributed by atoms with Crippen molar-refractivity contribution in [2.45, 2.75) is 143 Å². The van der Waals surface area contributed by atoms with Crippen LogP contribution >= 0.6 is 0 Å². The summed E-state index contributed by atoms with van der Waals surface area (Å²) in [6.45, 7) is 17.8. The summed E-state index contributed by atoms with van der Waals surface area (Å²) in [6.07, 6.45) is 13.9. The molecule has 4 atom stereocenters. The SMILES string of the molecule is CC.CC(C)(C)COC(=O)C12CC3CC(C1)CC(c1ccccc1)(C3)C2.CC(C)(C)COC(=O)C12CC3CC(C1)CC(c1ccccc1)(C3)C2. The average Bonchev–Trinajstić information content (AvgIpc) is 3.06. The van der Waals surface area contributed by atoms with Gasteiger partial charge in [-0.05, 0) is 134 Å². The number of ether oxygens (including phenoxy) is 2. The van der Waals surface area contributed by atoms with E-state index in [1.807, 2.05) is 13.8 Å². The third-order valence-electron chi connectivity index (χ3n) is 13.0. The summed E-state index contributed by atoms with van der Waals surface area (Å²) in [6, 6.07) is 21.9. The molecule has 274 valence electrons. The van der Waals surface area contributed by atoms with Crippen molar-refractivity contribution in [1.82, 2.24) is 0 Å². The number of esters is 2. The molecule has 8 bridgehead atoms. The van der Waals surface area contributed by atoms with Crippen LogP contribution in [0.15, 0.2) is 60.7 Å². The Kier molecular flexibility index (Phi) is 10.2. The molecule has 4 nitrogen and oxygen atoms in total. The van der Waals surface area contributed by atoms with Crippen LogP contribution in [0.5, 0.6) is 0 Å². The molecule has 4 unspecified atom stereocenters. The van der Waals surface area contributed by atoms with E-state index in [0.29, 0.717) is 36.9 Å². The van der Waals surface area contributed by atoms with Gasteiger partial charge in [-0.25, -0.2) is 0 Å². The molecule has 2 aromatic carbocycles. The summed E-state index contributed by atoms with van der Waals surface area (Å²) in [5.41, 5.74) is 2.97. The molecule has 0 saturated heterocycles. The zero-order chi connectivity index (χ0) is 36.0. The molecule has 8 aliphatic carbocycles. The lowest BCUT2D eigenvalue weighted by Gasteiger charge is -2.61. The highest BCUT2D eigenvalue weighted by Gasteiger charge is 2.63. The van der Waals surface area contributed by atoms with E-state index in [1.54, 1.807) is 0 Å². The van der Waals surface area contributed by atoms with Crippen molar-refractivity contribution < 1.29 is 19.1 Å². The van der Waals surface area contributed by atoms with Crippen LogP contribution in [0, 0.1) is 45.3 Å². The monoisotopic (exact) mass is 682 g/mol. The molecule has 2 aromatic rings. The Labute approximate surface area is 303 Å². The van der Waals surface area contributed by atoms with Gasteiger partial charge in [-0.3, -0.25) is 9.59 Å². The van der Waals surface area contributed by atoms with Crippen molar-refractivity contribution in [2.75, 3.05) is 13.2 Å². The summed E-state index contributed by atoms with van der Waals surface area (Å²) in [5, 5.41) is 0. The highest BCUT2D eigenvalue weighted by atomic mass is 16.5. The largest absolute Gasteiger partial charge is 0.465 e. The van der Waals surface area contributed by atoms with Crippen molar-refractivity contribution in [2.24, 2.45) is 45.3 Å². The van der Waals surface area contributed by atoms with Crippen LogP contribution in [0.2, 0.25) is 0 Å². The van der Waals surface area contributed by atoms with Gasteiger partial charge in [-0.15, -0.1) is 0 Å². The normalized spacial score (nSPS) is 36.1. The standard InChI is InChI=1S/2C22H30O2.C2H6/c2*1-20(2,3)15-24-19(23)22-12-16-9-17(13-22)11-21(10-16,14-22)18-7-5-4-6-8-18;1-2/h2*4-8,16-17H,9-15H2,1-3H3;1-2H3. The molecule has 4 heteroatoms. The van der Waals surface area contributed by atoms with Crippen LogP contribution < -0.4 is 0 Å². The Bertz CT molecular complexity index is 1340. The molecule has 0 aromatic heterocycles. The van der Waals surface area contributed by atoms with Crippen LogP contribution in [0.4, 0.5) is 0 Å². The van der Waals surface area contributed by atoms with Gasteiger partial charge in [0.05, 0.1) is 24.0 Å². The summed E-state index contributed by atoms with van der Waals surface area (Å²) >= 11 is 0. The van der Waals surface area contributed by atoms with Crippen LogP contribution in [-0.4, -0.2) is 25.2 Å². The second-order valence-electron chi connectivity index (χ2n) is 20.0. The first kappa shape index (κ1) is 37.1. The third kappa shape index (κ3) is 7.47. The van der Waals surface area contributed by atoms with Gasteiger partial charge in [0.2, 0.25) is 0 Å². The van der Waals surface area contributed by atoms with Crippen molar-refractivity contribution >= 4 is 11.9 Å². The van der Waals surface area contributed by atoms with Crippen molar-refractivity contribution in [3.8, 4) is 0 Å². The first-order chi connectivity index (χ1) is 23.6. The van der Waals surface area contributed by atoms with Crippen LogP contribution in [0.25, 0.3) is 0 Å². The van der Waals surface area contributed by atoms with Gasteiger partial charge in [0.15, 0.2) is 0 Å². The van der Waals surface area contributed by atoms with Crippen molar-refractivity contribution in [3.05, 3.63) is 71.8 Å². The maximum Gasteiger partial charge on any atom is 0.312 e. The fraction of sp³-hybridized carbons (Fsp3) is 0.696. The maximum absolute atomic E-state index is 13.1. The lowest BCUT2D eigenvalue weighted by Crippen LogP contribution is -2.57. The molecular formula is C46H66O4. The van der Waals surface area contributed by atoms with E-state index in [4.69, 9.17) is 9.47 Å². The quantitative estimate of drug-likeness (QED) is 0.285. The Morgan fingerprint density at radius 3 is 1.12 bits per heavy atom. The predicted octanol–water partition coefficient (Wildman–Crippen LogP) is 11.3. The number of benzene rings is 2. The topological polar surface area (TPSA) is 52.6 Å². The maximum atomic E-state index is 13.1. The van der Waals surface area contributed by atoms with Crippen molar-refractivity contribution in [3.63, 3.8) is 0 Å². The second kappa shape index (κ2) is 13.7. The minimum atomic E-state index is -0.217. The number of hydrogen-bond donors (Lipinski definition) is 0. The molecule has 0 radical (unpaired) electrons. The molecule has 8 aliphatic rings. The molecule has 8 fully saturated rings. The van der Waals surface area contributed by atoms with Gasteiger partial charge < -0.3 is 9.47 Å². The fourth-order valence-corrected chi connectivity index (χ4v) is 12.1. The molecule has 0 amide bonds. The molecule has 0 N–H and O–H groups in total. The summed E-state index contributed by atoms with van der Waals surface area (Å²) in [5.74, 6) is 2.99. The van der Waals surface area contributed by atoms with E-state index in [9.17, 15) is 9.59 Å². The minimum Gasteiger partial charge on any atom is -0.465 e.